The highest BCUT2D eigenvalue weighted by Crippen LogP contribution is 2.19. The van der Waals surface area contributed by atoms with Crippen molar-refractivity contribution in [2.24, 2.45) is 5.10 Å². The molecule has 0 saturated heterocycles. The summed E-state index contributed by atoms with van der Waals surface area (Å²) in [6.07, 6.45) is 0. The minimum absolute atomic E-state index is 0.188. The van der Waals surface area contributed by atoms with Crippen LogP contribution < -0.4 is 5.43 Å². The van der Waals surface area contributed by atoms with Crippen LogP contribution in [0, 0.1) is 0 Å². The summed E-state index contributed by atoms with van der Waals surface area (Å²) >= 11 is 0. The highest BCUT2D eigenvalue weighted by Gasteiger charge is 2.13. The van der Waals surface area contributed by atoms with E-state index in [1.54, 1.807) is 6.07 Å². The summed E-state index contributed by atoms with van der Waals surface area (Å²) in [6.45, 7) is 1.83. The van der Waals surface area contributed by atoms with Gasteiger partial charge in [-0.1, -0.05) is 65.8 Å². The fourth-order valence-electron chi connectivity index (χ4n) is 2.06. The van der Waals surface area contributed by atoms with Crippen LogP contribution in [-0.4, -0.2) is 16.8 Å². The van der Waals surface area contributed by atoms with Crippen molar-refractivity contribution in [3.05, 3.63) is 78.0 Å². The summed E-state index contributed by atoms with van der Waals surface area (Å²) in [5.41, 5.74) is 5.20. The van der Waals surface area contributed by atoms with Gasteiger partial charge in [0, 0.05) is 11.6 Å². The summed E-state index contributed by atoms with van der Waals surface area (Å²) in [4.78, 5) is 12.1. The van der Waals surface area contributed by atoms with Crippen LogP contribution in [0.25, 0.3) is 11.3 Å². The highest BCUT2D eigenvalue weighted by molar-refractivity contribution is 6.00. The zero-order chi connectivity index (χ0) is 16.1. The molecule has 1 N–H and O–H groups in total. The predicted octanol–water partition coefficient (Wildman–Crippen LogP) is 3.50. The number of aromatic nitrogens is 1. The second-order valence-electron chi connectivity index (χ2n) is 4.95. The monoisotopic (exact) mass is 305 g/mol. The third-order valence-electron chi connectivity index (χ3n) is 3.32. The second kappa shape index (κ2) is 6.70. The first kappa shape index (κ1) is 14.7. The van der Waals surface area contributed by atoms with Gasteiger partial charge in [0.05, 0.1) is 5.71 Å². The number of hydrogen-bond acceptors (Lipinski definition) is 4. The van der Waals surface area contributed by atoms with Crippen LogP contribution in [0.4, 0.5) is 0 Å². The lowest BCUT2D eigenvalue weighted by Gasteiger charge is -2.00. The van der Waals surface area contributed by atoms with Gasteiger partial charge in [-0.05, 0) is 12.5 Å². The van der Waals surface area contributed by atoms with Crippen molar-refractivity contribution in [2.75, 3.05) is 0 Å². The molecule has 0 aliphatic rings. The normalized spacial score (nSPS) is 11.3. The summed E-state index contributed by atoms with van der Waals surface area (Å²) in [7, 11) is 0. The highest BCUT2D eigenvalue weighted by atomic mass is 16.5. The third kappa shape index (κ3) is 3.52. The predicted molar refractivity (Wildman–Crippen MR) is 88.1 cm³/mol. The zero-order valence-electron chi connectivity index (χ0n) is 12.6. The number of carbonyl (C=O) groups excluding carboxylic acids is 1. The summed E-state index contributed by atoms with van der Waals surface area (Å²) in [5, 5.41) is 7.88. The Balaban J connectivity index is 1.71. The van der Waals surface area contributed by atoms with Crippen molar-refractivity contribution >= 4 is 11.6 Å². The van der Waals surface area contributed by atoms with E-state index in [1.165, 1.54) is 0 Å². The molecule has 0 saturated carbocycles. The fourth-order valence-corrected chi connectivity index (χ4v) is 2.06. The quantitative estimate of drug-likeness (QED) is 0.592. The Morgan fingerprint density at radius 2 is 1.70 bits per heavy atom. The van der Waals surface area contributed by atoms with Gasteiger partial charge in [0.2, 0.25) is 0 Å². The lowest BCUT2D eigenvalue weighted by atomic mass is 10.1. The minimum Gasteiger partial charge on any atom is -0.355 e. The van der Waals surface area contributed by atoms with Gasteiger partial charge in [0.25, 0.3) is 5.91 Å². The molecule has 114 valence electrons. The van der Waals surface area contributed by atoms with E-state index in [2.05, 4.69) is 15.7 Å². The molecule has 3 rings (SSSR count). The molecule has 3 aromatic rings. The molecule has 5 nitrogen and oxygen atoms in total. The van der Waals surface area contributed by atoms with Crippen molar-refractivity contribution in [3.8, 4) is 11.3 Å². The molecule has 0 radical (unpaired) electrons. The Labute approximate surface area is 133 Å². The number of nitrogens with one attached hydrogen (secondary N) is 1. The van der Waals surface area contributed by atoms with Crippen LogP contribution in [0.15, 0.2) is 76.4 Å². The van der Waals surface area contributed by atoms with E-state index < -0.39 is 5.91 Å². The average Bonchev–Trinajstić information content (AvgIpc) is 3.11. The van der Waals surface area contributed by atoms with Crippen molar-refractivity contribution in [1.82, 2.24) is 10.6 Å². The summed E-state index contributed by atoms with van der Waals surface area (Å²) in [5.74, 6) is 0.130. The maximum atomic E-state index is 12.1. The first-order chi connectivity index (χ1) is 11.2. The van der Waals surface area contributed by atoms with Crippen LogP contribution in [0.3, 0.4) is 0 Å². The van der Waals surface area contributed by atoms with E-state index in [4.69, 9.17) is 4.52 Å². The molecule has 0 aliphatic carbocycles. The number of carbonyl (C=O) groups is 1. The topological polar surface area (TPSA) is 67.5 Å². The number of amides is 1. The van der Waals surface area contributed by atoms with Gasteiger partial charge in [-0.25, -0.2) is 5.43 Å². The van der Waals surface area contributed by atoms with E-state index in [1.807, 2.05) is 67.6 Å². The molecular weight excluding hydrogens is 290 g/mol. The second-order valence-corrected chi connectivity index (χ2v) is 4.95. The molecule has 5 heteroatoms. The van der Waals surface area contributed by atoms with E-state index in [9.17, 15) is 4.79 Å². The van der Waals surface area contributed by atoms with E-state index in [0.29, 0.717) is 11.5 Å². The summed E-state index contributed by atoms with van der Waals surface area (Å²) in [6, 6.07) is 20.7. The number of nitrogens with zero attached hydrogens (tertiary/aromatic N) is 2. The third-order valence-corrected chi connectivity index (χ3v) is 3.32. The lowest BCUT2D eigenvalue weighted by molar-refractivity contribution is 0.0946. The van der Waals surface area contributed by atoms with Gasteiger partial charge in [0.1, 0.15) is 0 Å². The van der Waals surface area contributed by atoms with Crippen LogP contribution >= 0.6 is 0 Å². The average molecular weight is 305 g/mol. The van der Waals surface area contributed by atoms with Gasteiger partial charge in [0.15, 0.2) is 11.5 Å². The van der Waals surface area contributed by atoms with Gasteiger partial charge >= 0.3 is 0 Å². The molecule has 0 atom stereocenters. The van der Waals surface area contributed by atoms with Crippen LogP contribution in [-0.2, 0) is 0 Å². The Bertz CT molecular complexity index is 824. The molecule has 0 fully saturated rings. The molecule has 1 amide bonds. The van der Waals surface area contributed by atoms with E-state index in [-0.39, 0.29) is 5.69 Å². The molecule has 2 aromatic carbocycles. The van der Waals surface area contributed by atoms with E-state index in [0.717, 1.165) is 11.1 Å². The fraction of sp³-hybridized carbons (Fsp3) is 0.0556. The van der Waals surface area contributed by atoms with Crippen LogP contribution in [0.1, 0.15) is 23.0 Å². The Morgan fingerprint density at radius 1 is 1.04 bits per heavy atom. The Kier molecular flexibility index (Phi) is 4.29. The molecule has 0 spiro atoms. The van der Waals surface area contributed by atoms with Gasteiger partial charge in [-0.3, -0.25) is 4.79 Å². The number of benzene rings is 2. The van der Waals surface area contributed by atoms with Crippen molar-refractivity contribution in [3.63, 3.8) is 0 Å². The Hall–Kier alpha value is -3.21. The largest absolute Gasteiger partial charge is 0.355 e. The van der Waals surface area contributed by atoms with Crippen molar-refractivity contribution < 1.29 is 9.32 Å². The molecule has 23 heavy (non-hydrogen) atoms. The van der Waals surface area contributed by atoms with Crippen molar-refractivity contribution in [1.29, 1.82) is 0 Å². The molecule has 1 heterocycles. The smallest absolute Gasteiger partial charge is 0.293 e. The van der Waals surface area contributed by atoms with Gasteiger partial charge < -0.3 is 4.52 Å². The summed E-state index contributed by atoms with van der Waals surface area (Å²) < 4.78 is 5.20. The minimum atomic E-state index is -0.411. The van der Waals surface area contributed by atoms with Gasteiger partial charge in [-0.15, -0.1) is 0 Å². The first-order valence-corrected chi connectivity index (χ1v) is 7.16. The zero-order valence-corrected chi connectivity index (χ0v) is 12.6. The maximum Gasteiger partial charge on any atom is 0.293 e. The molecule has 1 aromatic heterocycles. The SMILES string of the molecule is CC(=NNC(=O)c1cc(-c2ccccc2)on1)c1ccccc1. The van der Waals surface area contributed by atoms with Gasteiger partial charge in [-0.2, -0.15) is 5.10 Å². The van der Waals surface area contributed by atoms with Crippen LogP contribution in [0.5, 0.6) is 0 Å². The number of hydrazone groups is 1. The molecule has 0 bridgehead atoms. The maximum absolute atomic E-state index is 12.1. The Morgan fingerprint density at radius 3 is 2.39 bits per heavy atom. The molecule has 0 unspecified atom stereocenters. The van der Waals surface area contributed by atoms with Crippen LogP contribution in [0.2, 0.25) is 0 Å². The lowest BCUT2D eigenvalue weighted by Crippen LogP contribution is -2.19. The molecular formula is C18H15N3O2. The van der Waals surface area contributed by atoms with E-state index >= 15 is 0 Å². The number of hydrogen-bond donors (Lipinski definition) is 1. The molecule has 0 aliphatic heterocycles. The standard InChI is InChI=1S/C18H15N3O2/c1-13(14-8-4-2-5-9-14)19-20-18(22)16-12-17(23-21-16)15-10-6-3-7-11-15/h2-12H,1H3,(H,20,22). The van der Waals surface area contributed by atoms with Crippen molar-refractivity contribution in [2.45, 2.75) is 6.92 Å². The first-order valence-electron chi connectivity index (χ1n) is 7.16. The number of rotatable bonds is 4.